The SMILES string of the molecule is NC1(CC2CCCC2)CCOC1. The van der Waals surface area contributed by atoms with Crippen molar-refractivity contribution in [3.05, 3.63) is 0 Å². The molecular formula is C10H19NO. The van der Waals surface area contributed by atoms with Gasteiger partial charge in [0.05, 0.1) is 6.61 Å². The molecule has 1 saturated heterocycles. The summed E-state index contributed by atoms with van der Waals surface area (Å²) in [7, 11) is 0. The Morgan fingerprint density at radius 3 is 2.67 bits per heavy atom. The lowest BCUT2D eigenvalue weighted by Crippen LogP contribution is -2.41. The Bertz CT molecular complexity index is 146. The van der Waals surface area contributed by atoms with Crippen LogP contribution < -0.4 is 5.73 Å². The molecule has 1 heterocycles. The van der Waals surface area contributed by atoms with Crippen molar-refractivity contribution in [2.45, 2.75) is 44.1 Å². The van der Waals surface area contributed by atoms with Crippen molar-refractivity contribution in [1.82, 2.24) is 0 Å². The molecule has 0 aromatic carbocycles. The maximum atomic E-state index is 6.21. The second-order valence-electron chi connectivity index (χ2n) is 4.52. The van der Waals surface area contributed by atoms with Gasteiger partial charge in [-0.05, 0) is 18.8 Å². The molecule has 1 unspecified atom stereocenters. The van der Waals surface area contributed by atoms with Crippen molar-refractivity contribution in [2.75, 3.05) is 13.2 Å². The standard InChI is InChI=1S/C10H19NO/c11-10(5-6-12-8-10)7-9-3-1-2-4-9/h9H,1-8,11H2. The number of ether oxygens (including phenoxy) is 1. The Hall–Kier alpha value is -0.0800. The largest absolute Gasteiger partial charge is 0.379 e. The molecule has 70 valence electrons. The molecule has 0 radical (unpaired) electrons. The summed E-state index contributed by atoms with van der Waals surface area (Å²) in [6, 6.07) is 0. The summed E-state index contributed by atoms with van der Waals surface area (Å²) in [5.74, 6) is 0.900. The van der Waals surface area contributed by atoms with Gasteiger partial charge in [-0.3, -0.25) is 0 Å². The predicted octanol–water partition coefficient (Wildman–Crippen LogP) is 1.68. The lowest BCUT2D eigenvalue weighted by Gasteiger charge is -2.25. The third kappa shape index (κ3) is 1.80. The fourth-order valence-corrected chi connectivity index (χ4v) is 2.57. The molecule has 12 heavy (non-hydrogen) atoms. The molecule has 0 spiro atoms. The fourth-order valence-electron chi connectivity index (χ4n) is 2.57. The molecule has 2 rings (SSSR count). The molecule has 0 aromatic heterocycles. The first-order chi connectivity index (χ1) is 5.79. The van der Waals surface area contributed by atoms with Crippen LogP contribution in [0.2, 0.25) is 0 Å². The summed E-state index contributed by atoms with van der Waals surface area (Å²) in [6.45, 7) is 1.67. The third-order valence-corrected chi connectivity index (χ3v) is 3.30. The van der Waals surface area contributed by atoms with Crippen LogP contribution in [0.3, 0.4) is 0 Å². The van der Waals surface area contributed by atoms with Crippen LogP contribution in [0.5, 0.6) is 0 Å². The molecule has 1 saturated carbocycles. The summed E-state index contributed by atoms with van der Waals surface area (Å²) in [6.07, 6.45) is 7.91. The summed E-state index contributed by atoms with van der Waals surface area (Å²) >= 11 is 0. The van der Waals surface area contributed by atoms with E-state index in [-0.39, 0.29) is 5.54 Å². The maximum absolute atomic E-state index is 6.21. The first-order valence-corrected chi connectivity index (χ1v) is 5.15. The average Bonchev–Trinajstić information content (AvgIpc) is 2.62. The van der Waals surface area contributed by atoms with Crippen LogP contribution in [0.4, 0.5) is 0 Å². The van der Waals surface area contributed by atoms with Crippen LogP contribution in [0.15, 0.2) is 0 Å². The van der Waals surface area contributed by atoms with E-state index in [4.69, 9.17) is 10.5 Å². The molecule has 2 nitrogen and oxygen atoms in total. The van der Waals surface area contributed by atoms with E-state index in [1.807, 2.05) is 0 Å². The van der Waals surface area contributed by atoms with E-state index in [1.165, 1.54) is 32.1 Å². The quantitative estimate of drug-likeness (QED) is 0.682. The molecule has 1 atom stereocenters. The molecule has 0 amide bonds. The van der Waals surface area contributed by atoms with E-state index < -0.39 is 0 Å². The van der Waals surface area contributed by atoms with Crippen LogP contribution in [0.1, 0.15) is 38.5 Å². The highest BCUT2D eigenvalue weighted by Crippen LogP contribution is 2.33. The van der Waals surface area contributed by atoms with E-state index >= 15 is 0 Å². The molecule has 2 aliphatic rings. The summed E-state index contributed by atoms with van der Waals surface area (Å²) in [5.41, 5.74) is 6.25. The summed E-state index contributed by atoms with van der Waals surface area (Å²) in [5, 5.41) is 0. The lowest BCUT2D eigenvalue weighted by molar-refractivity contribution is 0.169. The van der Waals surface area contributed by atoms with E-state index in [9.17, 15) is 0 Å². The van der Waals surface area contributed by atoms with Gasteiger partial charge in [0.25, 0.3) is 0 Å². The van der Waals surface area contributed by atoms with E-state index in [2.05, 4.69) is 0 Å². The minimum Gasteiger partial charge on any atom is -0.379 e. The first-order valence-electron chi connectivity index (χ1n) is 5.15. The van der Waals surface area contributed by atoms with Gasteiger partial charge in [-0.2, -0.15) is 0 Å². The Morgan fingerprint density at radius 2 is 2.08 bits per heavy atom. The van der Waals surface area contributed by atoms with Crippen molar-refractivity contribution in [3.63, 3.8) is 0 Å². The highest BCUT2D eigenvalue weighted by molar-refractivity contribution is 4.90. The Labute approximate surface area is 74.5 Å². The zero-order valence-corrected chi connectivity index (χ0v) is 7.72. The monoisotopic (exact) mass is 169 g/mol. The molecule has 0 bridgehead atoms. The van der Waals surface area contributed by atoms with Gasteiger partial charge in [-0.1, -0.05) is 25.7 Å². The van der Waals surface area contributed by atoms with Crippen molar-refractivity contribution in [3.8, 4) is 0 Å². The zero-order chi connectivity index (χ0) is 8.44. The lowest BCUT2D eigenvalue weighted by atomic mass is 9.87. The van der Waals surface area contributed by atoms with Gasteiger partial charge in [0.2, 0.25) is 0 Å². The van der Waals surface area contributed by atoms with Crippen molar-refractivity contribution in [1.29, 1.82) is 0 Å². The Balaban J connectivity index is 1.83. The molecule has 1 aliphatic heterocycles. The second kappa shape index (κ2) is 3.35. The number of rotatable bonds is 2. The fraction of sp³-hybridized carbons (Fsp3) is 1.00. The maximum Gasteiger partial charge on any atom is 0.0647 e. The van der Waals surface area contributed by atoms with E-state index in [1.54, 1.807) is 0 Å². The van der Waals surface area contributed by atoms with Gasteiger partial charge in [0, 0.05) is 12.1 Å². The van der Waals surface area contributed by atoms with Gasteiger partial charge in [0.15, 0.2) is 0 Å². The first kappa shape index (κ1) is 8.52. The van der Waals surface area contributed by atoms with Crippen LogP contribution in [0.25, 0.3) is 0 Å². The van der Waals surface area contributed by atoms with Gasteiger partial charge in [-0.15, -0.1) is 0 Å². The summed E-state index contributed by atoms with van der Waals surface area (Å²) in [4.78, 5) is 0. The van der Waals surface area contributed by atoms with Crippen LogP contribution in [0, 0.1) is 5.92 Å². The predicted molar refractivity (Wildman–Crippen MR) is 48.9 cm³/mol. The van der Waals surface area contributed by atoms with Gasteiger partial charge in [0.1, 0.15) is 0 Å². The molecule has 2 heteroatoms. The highest BCUT2D eigenvalue weighted by atomic mass is 16.5. The van der Waals surface area contributed by atoms with Crippen molar-refractivity contribution < 1.29 is 4.74 Å². The number of hydrogen-bond acceptors (Lipinski definition) is 2. The number of nitrogens with two attached hydrogens (primary N) is 1. The number of hydrogen-bond donors (Lipinski definition) is 1. The topological polar surface area (TPSA) is 35.2 Å². The smallest absolute Gasteiger partial charge is 0.0647 e. The van der Waals surface area contributed by atoms with Gasteiger partial charge < -0.3 is 10.5 Å². The van der Waals surface area contributed by atoms with E-state index in [0.717, 1.165) is 25.6 Å². The van der Waals surface area contributed by atoms with Gasteiger partial charge >= 0.3 is 0 Å². The average molecular weight is 169 g/mol. The van der Waals surface area contributed by atoms with Crippen LogP contribution in [-0.2, 0) is 4.74 Å². The second-order valence-corrected chi connectivity index (χ2v) is 4.52. The molecule has 0 aromatic rings. The highest BCUT2D eigenvalue weighted by Gasteiger charge is 2.33. The molecule has 2 N–H and O–H groups in total. The normalized spacial score (nSPS) is 37.8. The third-order valence-electron chi connectivity index (χ3n) is 3.30. The van der Waals surface area contributed by atoms with Gasteiger partial charge in [-0.25, -0.2) is 0 Å². The minimum absolute atomic E-state index is 0.0367. The van der Waals surface area contributed by atoms with Crippen LogP contribution in [-0.4, -0.2) is 18.8 Å². The van der Waals surface area contributed by atoms with E-state index in [0.29, 0.717) is 0 Å². The summed E-state index contributed by atoms with van der Waals surface area (Å²) < 4.78 is 5.35. The minimum atomic E-state index is 0.0367. The van der Waals surface area contributed by atoms with Crippen molar-refractivity contribution in [2.24, 2.45) is 11.7 Å². The zero-order valence-electron chi connectivity index (χ0n) is 7.72. The van der Waals surface area contributed by atoms with Crippen LogP contribution >= 0.6 is 0 Å². The molecule has 2 fully saturated rings. The Kier molecular flexibility index (Phi) is 2.37. The Morgan fingerprint density at radius 1 is 1.33 bits per heavy atom. The molecular weight excluding hydrogens is 150 g/mol. The van der Waals surface area contributed by atoms with Crippen molar-refractivity contribution >= 4 is 0 Å². The molecule has 1 aliphatic carbocycles.